The number of nitrogens with one attached hydrogen (secondary N) is 2. The molecule has 1 saturated heterocycles. The van der Waals surface area contributed by atoms with Crippen molar-refractivity contribution in [2.75, 3.05) is 45.9 Å². The predicted molar refractivity (Wildman–Crippen MR) is 109 cm³/mol. The topological polar surface area (TPSA) is 58.1 Å². The molecule has 0 spiro atoms. The van der Waals surface area contributed by atoms with E-state index < -0.39 is 0 Å². The van der Waals surface area contributed by atoms with Gasteiger partial charge in [-0.25, -0.2) is 4.99 Å². The summed E-state index contributed by atoms with van der Waals surface area (Å²) in [5.74, 6) is 1.85. The molecule has 1 aliphatic heterocycles. The molecule has 2 N–H and O–H groups in total. The van der Waals surface area contributed by atoms with Crippen LogP contribution in [0.1, 0.15) is 38.2 Å². The number of benzene rings is 1. The summed E-state index contributed by atoms with van der Waals surface area (Å²) in [7, 11) is 0. The van der Waals surface area contributed by atoms with Crippen LogP contribution in [0, 0.1) is 0 Å². The van der Waals surface area contributed by atoms with Crippen LogP contribution in [0.4, 0.5) is 0 Å². The second-order valence-corrected chi connectivity index (χ2v) is 7.21. The third kappa shape index (κ3) is 6.70. The van der Waals surface area contributed by atoms with E-state index in [9.17, 15) is 0 Å². The van der Waals surface area contributed by atoms with Gasteiger partial charge in [0.15, 0.2) is 5.96 Å². The van der Waals surface area contributed by atoms with Gasteiger partial charge in [0.2, 0.25) is 0 Å². The minimum atomic E-state index is 0.370. The lowest BCUT2D eigenvalue weighted by Gasteiger charge is -2.26. The highest BCUT2D eigenvalue weighted by Gasteiger charge is 2.17. The molecule has 6 heteroatoms. The van der Waals surface area contributed by atoms with E-state index in [1.54, 1.807) is 0 Å². The van der Waals surface area contributed by atoms with Crippen LogP contribution in [0.15, 0.2) is 29.3 Å². The van der Waals surface area contributed by atoms with Crippen molar-refractivity contribution in [1.82, 2.24) is 15.5 Å². The Morgan fingerprint density at radius 3 is 2.74 bits per heavy atom. The normalized spacial score (nSPS) is 19.2. The van der Waals surface area contributed by atoms with Gasteiger partial charge in [0.1, 0.15) is 5.75 Å². The Morgan fingerprint density at radius 1 is 1.19 bits per heavy atom. The first-order chi connectivity index (χ1) is 13.3. The third-order valence-corrected chi connectivity index (χ3v) is 5.14. The number of ether oxygens (including phenoxy) is 2. The number of morpholine rings is 1. The predicted octanol–water partition coefficient (Wildman–Crippen LogP) is 2.40. The van der Waals surface area contributed by atoms with Crippen molar-refractivity contribution in [3.8, 4) is 5.75 Å². The van der Waals surface area contributed by atoms with Crippen molar-refractivity contribution in [2.45, 2.75) is 45.3 Å². The molecule has 0 bridgehead atoms. The van der Waals surface area contributed by atoms with Crippen LogP contribution in [-0.4, -0.2) is 62.9 Å². The number of hydrogen-bond donors (Lipinski definition) is 2. The number of rotatable bonds is 8. The van der Waals surface area contributed by atoms with Crippen LogP contribution in [0.2, 0.25) is 0 Å². The standard InChI is InChI=1S/C21H34N4O2/c1-2-22-21(23-11-12-25-13-15-26-16-14-25)24-17-18-7-3-6-10-20(18)27-19-8-4-5-9-19/h3,6-7,10,19H,2,4-5,8-9,11-17H2,1H3,(H2,22,23,24). The smallest absolute Gasteiger partial charge is 0.191 e. The molecule has 0 atom stereocenters. The molecule has 1 aromatic rings. The highest BCUT2D eigenvalue weighted by atomic mass is 16.5. The van der Waals surface area contributed by atoms with E-state index in [0.29, 0.717) is 12.6 Å². The van der Waals surface area contributed by atoms with Gasteiger partial charge in [-0.15, -0.1) is 0 Å². The number of hydrogen-bond acceptors (Lipinski definition) is 4. The van der Waals surface area contributed by atoms with Crippen molar-refractivity contribution in [3.05, 3.63) is 29.8 Å². The molecule has 2 fully saturated rings. The van der Waals surface area contributed by atoms with Crippen molar-refractivity contribution in [2.24, 2.45) is 4.99 Å². The van der Waals surface area contributed by atoms with Crippen LogP contribution < -0.4 is 15.4 Å². The van der Waals surface area contributed by atoms with E-state index in [-0.39, 0.29) is 0 Å². The Hall–Kier alpha value is -1.79. The van der Waals surface area contributed by atoms with Gasteiger partial charge in [-0.3, -0.25) is 4.90 Å². The Labute approximate surface area is 163 Å². The fraction of sp³-hybridized carbons (Fsp3) is 0.667. The van der Waals surface area contributed by atoms with Crippen molar-refractivity contribution < 1.29 is 9.47 Å². The Balaban J connectivity index is 1.52. The lowest BCUT2D eigenvalue weighted by Crippen LogP contribution is -2.44. The molecule has 0 amide bonds. The van der Waals surface area contributed by atoms with E-state index >= 15 is 0 Å². The molecule has 6 nitrogen and oxygen atoms in total. The van der Waals surface area contributed by atoms with Gasteiger partial charge in [0.25, 0.3) is 0 Å². The maximum atomic E-state index is 6.23. The monoisotopic (exact) mass is 374 g/mol. The largest absolute Gasteiger partial charge is 0.490 e. The zero-order valence-corrected chi connectivity index (χ0v) is 16.6. The minimum Gasteiger partial charge on any atom is -0.490 e. The molecule has 0 radical (unpaired) electrons. The summed E-state index contributed by atoms with van der Waals surface area (Å²) >= 11 is 0. The Bertz CT molecular complexity index is 581. The Kier molecular flexibility index (Phi) is 8.24. The van der Waals surface area contributed by atoms with Crippen LogP contribution in [0.3, 0.4) is 0 Å². The van der Waals surface area contributed by atoms with Gasteiger partial charge in [0, 0.05) is 38.3 Å². The third-order valence-electron chi connectivity index (χ3n) is 5.14. The van der Waals surface area contributed by atoms with Crippen LogP contribution in [0.25, 0.3) is 0 Å². The fourth-order valence-electron chi connectivity index (χ4n) is 3.60. The summed E-state index contributed by atoms with van der Waals surface area (Å²) in [4.78, 5) is 7.19. The fourth-order valence-corrected chi connectivity index (χ4v) is 3.60. The first-order valence-electron chi connectivity index (χ1n) is 10.4. The van der Waals surface area contributed by atoms with Gasteiger partial charge in [-0.2, -0.15) is 0 Å². The molecule has 150 valence electrons. The summed E-state index contributed by atoms with van der Waals surface area (Å²) in [5.41, 5.74) is 1.15. The van der Waals surface area contributed by atoms with Crippen LogP contribution >= 0.6 is 0 Å². The highest BCUT2D eigenvalue weighted by Crippen LogP contribution is 2.26. The Morgan fingerprint density at radius 2 is 1.96 bits per heavy atom. The van der Waals surface area contributed by atoms with Crippen molar-refractivity contribution >= 4 is 5.96 Å². The summed E-state index contributed by atoms with van der Waals surface area (Å²) in [5, 5.41) is 6.78. The average Bonchev–Trinajstić information content (AvgIpc) is 3.21. The lowest BCUT2D eigenvalue weighted by atomic mass is 10.2. The second kappa shape index (κ2) is 11.1. The summed E-state index contributed by atoms with van der Waals surface area (Å²) in [6, 6.07) is 8.29. The highest BCUT2D eigenvalue weighted by molar-refractivity contribution is 5.79. The molecule has 0 aromatic heterocycles. The van der Waals surface area contributed by atoms with Gasteiger partial charge < -0.3 is 20.1 Å². The van der Waals surface area contributed by atoms with E-state index in [4.69, 9.17) is 14.5 Å². The minimum absolute atomic E-state index is 0.370. The van der Waals surface area contributed by atoms with Gasteiger partial charge >= 0.3 is 0 Å². The van der Waals surface area contributed by atoms with E-state index in [1.807, 2.05) is 6.07 Å². The number of guanidine groups is 1. The first kappa shape index (κ1) is 20.0. The molecule has 27 heavy (non-hydrogen) atoms. The second-order valence-electron chi connectivity index (χ2n) is 7.21. The first-order valence-corrected chi connectivity index (χ1v) is 10.4. The summed E-state index contributed by atoms with van der Waals surface area (Å²) < 4.78 is 11.6. The summed E-state index contributed by atoms with van der Waals surface area (Å²) in [6.07, 6.45) is 5.27. The molecule has 1 heterocycles. The average molecular weight is 375 g/mol. The maximum Gasteiger partial charge on any atom is 0.191 e. The molecule has 1 aromatic carbocycles. The molecular weight excluding hydrogens is 340 g/mol. The quantitative estimate of drug-likeness (QED) is 0.541. The van der Waals surface area contributed by atoms with Crippen molar-refractivity contribution in [3.63, 3.8) is 0 Å². The van der Waals surface area contributed by atoms with E-state index in [0.717, 1.165) is 63.2 Å². The maximum absolute atomic E-state index is 6.23. The van der Waals surface area contributed by atoms with Crippen LogP contribution in [0.5, 0.6) is 5.75 Å². The van der Waals surface area contributed by atoms with Gasteiger partial charge in [0.05, 0.1) is 25.9 Å². The molecule has 2 aliphatic rings. The van der Waals surface area contributed by atoms with Crippen molar-refractivity contribution in [1.29, 1.82) is 0 Å². The van der Waals surface area contributed by atoms with E-state index in [2.05, 4.69) is 40.7 Å². The summed E-state index contributed by atoms with van der Waals surface area (Å²) in [6.45, 7) is 9.16. The zero-order chi connectivity index (χ0) is 18.7. The number of para-hydroxylation sites is 1. The number of nitrogens with zero attached hydrogens (tertiary/aromatic N) is 2. The lowest BCUT2D eigenvalue weighted by molar-refractivity contribution is 0.0389. The molecule has 3 rings (SSSR count). The van der Waals surface area contributed by atoms with E-state index in [1.165, 1.54) is 25.7 Å². The molecule has 1 aliphatic carbocycles. The van der Waals surface area contributed by atoms with Gasteiger partial charge in [-0.05, 0) is 38.7 Å². The SMILES string of the molecule is CCNC(=NCc1ccccc1OC1CCCC1)NCCN1CCOCC1. The number of aliphatic imine (C=N–C) groups is 1. The molecular formula is C21H34N4O2. The molecule has 0 unspecified atom stereocenters. The molecule has 1 saturated carbocycles. The van der Waals surface area contributed by atoms with Crippen LogP contribution in [-0.2, 0) is 11.3 Å². The van der Waals surface area contributed by atoms with Gasteiger partial charge in [-0.1, -0.05) is 18.2 Å². The zero-order valence-electron chi connectivity index (χ0n) is 16.6.